The molecule has 0 bridgehead atoms. The fraction of sp³-hybridized carbons (Fsp3) is 0.273. The minimum Gasteiger partial charge on any atom is -0.406 e. The highest BCUT2D eigenvalue weighted by atomic mass is 32.1. The summed E-state index contributed by atoms with van der Waals surface area (Å²) in [7, 11) is 0. The molecule has 234 valence electrons. The van der Waals surface area contributed by atoms with Gasteiger partial charge in [-0.25, -0.2) is 14.5 Å². The third kappa shape index (κ3) is 7.34. The first-order chi connectivity index (χ1) is 21.3. The zero-order valence-corrected chi connectivity index (χ0v) is 26.5. The highest BCUT2D eigenvalue weighted by Crippen LogP contribution is 2.26. The Morgan fingerprint density at radius 3 is 2.24 bits per heavy atom. The van der Waals surface area contributed by atoms with E-state index in [1.807, 2.05) is 55.0 Å². The van der Waals surface area contributed by atoms with Crippen LogP contribution in [0.1, 0.15) is 47.7 Å². The number of hydrogen-bond acceptors (Lipinski definition) is 5. The summed E-state index contributed by atoms with van der Waals surface area (Å²) in [4.78, 5) is 22.4. The van der Waals surface area contributed by atoms with E-state index in [1.165, 1.54) is 52.2 Å². The van der Waals surface area contributed by atoms with Gasteiger partial charge < -0.3 is 10.1 Å². The zero-order chi connectivity index (χ0) is 32.5. The van der Waals surface area contributed by atoms with Crippen molar-refractivity contribution in [1.82, 2.24) is 24.6 Å². The normalized spacial score (nSPS) is 13.5. The van der Waals surface area contributed by atoms with Crippen LogP contribution in [0, 0.1) is 27.7 Å². The molecule has 2 amide bonds. The lowest BCUT2D eigenvalue weighted by atomic mass is 9.93. The number of thiazole rings is 1. The number of hydrogen-bond donors (Lipinski definition) is 1. The first-order valence-corrected chi connectivity index (χ1v) is 15.2. The number of benzene rings is 3. The molecule has 0 radical (unpaired) electrons. The zero-order valence-electron chi connectivity index (χ0n) is 25.7. The molecule has 0 fully saturated rings. The van der Waals surface area contributed by atoms with Gasteiger partial charge >= 0.3 is 12.4 Å². The fourth-order valence-corrected chi connectivity index (χ4v) is 6.11. The molecule has 0 aliphatic carbocycles. The van der Waals surface area contributed by atoms with Crippen molar-refractivity contribution in [3.8, 4) is 28.5 Å². The number of rotatable bonds is 7. The van der Waals surface area contributed by atoms with Gasteiger partial charge in [0.15, 0.2) is 10.6 Å². The average Bonchev–Trinajstić information content (AvgIpc) is 3.59. The van der Waals surface area contributed by atoms with Crippen molar-refractivity contribution in [3.05, 3.63) is 105 Å². The number of urea groups is 1. The highest BCUT2D eigenvalue weighted by Gasteiger charge is 2.31. The summed E-state index contributed by atoms with van der Waals surface area (Å²) in [6, 6.07) is 16.7. The summed E-state index contributed by atoms with van der Waals surface area (Å²) in [6.07, 6.45) is -3.26. The second kappa shape index (κ2) is 12.7. The summed E-state index contributed by atoms with van der Waals surface area (Å²) in [5.41, 5.74) is 7.81. The quantitative estimate of drug-likeness (QED) is 0.199. The van der Waals surface area contributed by atoms with Crippen molar-refractivity contribution in [2.75, 3.05) is 0 Å². The van der Waals surface area contributed by atoms with Crippen LogP contribution in [0.2, 0.25) is 0 Å². The summed E-state index contributed by atoms with van der Waals surface area (Å²) in [5.74, 6) is 0.136. The van der Waals surface area contributed by atoms with Crippen LogP contribution >= 0.6 is 11.3 Å². The van der Waals surface area contributed by atoms with Gasteiger partial charge in [0.25, 0.3) is 0 Å². The minimum atomic E-state index is -4.75. The van der Waals surface area contributed by atoms with Crippen LogP contribution in [0.5, 0.6) is 5.75 Å². The van der Waals surface area contributed by atoms with E-state index < -0.39 is 12.4 Å². The molecule has 12 heteroatoms. The fourth-order valence-electron chi connectivity index (χ4n) is 5.25. The number of alkyl halides is 3. The number of aromatic nitrogens is 4. The third-order valence-electron chi connectivity index (χ3n) is 7.56. The molecule has 2 heterocycles. The van der Waals surface area contributed by atoms with Gasteiger partial charge in [-0.05, 0) is 75.6 Å². The van der Waals surface area contributed by atoms with Crippen molar-refractivity contribution in [2.45, 2.75) is 59.9 Å². The maximum Gasteiger partial charge on any atom is 0.573 e. The van der Waals surface area contributed by atoms with E-state index in [2.05, 4.69) is 58.0 Å². The highest BCUT2D eigenvalue weighted by molar-refractivity contribution is 7.07. The van der Waals surface area contributed by atoms with Gasteiger partial charge in [-0.3, -0.25) is 4.57 Å². The van der Waals surface area contributed by atoms with Gasteiger partial charge in [0, 0.05) is 28.6 Å². The summed E-state index contributed by atoms with van der Waals surface area (Å²) < 4.78 is 44.8. The Labute approximate surface area is 262 Å². The van der Waals surface area contributed by atoms with Crippen molar-refractivity contribution in [1.29, 1.82) is 0 Å². The van der Waals surface area contributed by atoms with E-state index >= 15 is 0 Å². The maximum absolute atomic E-state index is 13.1. The lowest BCUT2D eigenvalue weighted by Gasteiger charge is -2.21. The number of carbonyl (C=O) groups excluding carboxylic acids is 1. The number of nitrogens with zero attached hydrogens (tertiary/aromatic N) is 5. The van der Waals surface area contributed by atoms with Gasteiger partial charge in [0.2, 0.25) is 0 Å². The molecular weight excluding hydrogens is 601 g/mol. The Balaban J connectivity index is 1.26. The van der Waals surface area contributed by atoms with Crippen LogP contribution in [0.4, 0.5) is 18.0 Å². The van der Waals surface area contributed by atoms with E-state index in [1.54, 1.807) is 0 Å². The largest absolute Gasteiger partial charge is 0.573 e. The van der Waals surface area contributed by atoms with E-state index in [-0.39, 0.29) is 17.7 Å². The van der Waals surface area contributed by atoms with Crippen molar-refractivity contribution >= 4 is 17.4 Å². The second-order valence-corrected chi connectivity index (χ2v) is 11.9. The predicted molar refractivity (Wildman–Crippen MR) is 168 cm³/mol. The van der Waals surface area contributed by atoms with Crippen molar-refractivity contribution in [3.63, 3.8) is 0 Å². The maximum atomic E-state index is 13.1. The smallest absolute Gasteiger partial charge is 0.406 e. The number of amides is 2. The number of ether oxygens (including phenoxy) is 1. The van der Waals surface area contributed by atoms with Crippen molar-refractivity contribution < 1.29 is 22.7 Å². The topological polar surface area (TPSA) is 86.3 Å². The van der Waals surface area contributed by atoms with Crippen LogP contribution in [0.25, 0.3) is 22.8 Å². The van der Waals surface area contributed by atoms with E-state index in [0.717, 1.165) is 33.6 Å². The molecule has 5 rings (SSSR count). The van der Waals surface area contributed by atoms with Crippen molar-refractivity contribution in [2.24, 2.45) is 4.99 Å². The standard InChI is InChI=1S/C33H33F3N6O2S/c1-19-15-20(2)29(21(3)16-19)42-22(4)17-45-32(42)39-31(43)38-24(6)23(5)25-7-9-26(10-8-25)30-37-18-41(40-30)27-11-13-28(14-12-27)44-33(34,35)36/h7-18,23-24H,1-6H3,(H,38,43)/b39-32-. The molecular formula is C33H33F3N6O2S. The molecule has 2 aromatic heterocycles. The number of halogens is 3. The molecule has 8 nitrogen and oxygen atoms in total. The van der Waals surface area contributed by atoms with Crippen LogP contribution in [0.3, 0.4) is 0 Å². The molecule has 0 aliphatic heterocycles. The lowest BCUT2D eigenvalue weighted by Crippen LogP contribution is -2.35. The SMILES string of the molecule is Cc1cc(C)c(-n2c(C)cs/c2=N\C(=O)NC(C)C(C)c2ccc(-c3ncn(-c4ccc(OC(F)(F)F)cc4)n3)cc2)c(C)c1. The van der Waals surface area contributed by atoms with Gasteiger partial charge in [-0.1, -0.05) is 48.9 Å². The summed E-state index contributed by atoms with van der Waals surface area (Å²) >= 11 is 1.43. The monoisotopic (exact) mass is 634 g/mol. The van der Waals surface area contributed by atoms with E-state index in [4.69, 9.17) is 0 Å². The summed E-state index contributed by atoms with van der Waals surface area (Å²) in [6.45, 7) is 12.2. The number of nitrogens with one attached hydrogen (secondary N) is 1. The first kappa shape index (κ1) is 31.7. The van der Waals surface area contributed by atoms with E-state index in [9.17, 15) is 18.0 Å². The Morgan fingerprint density at radius 2 is 1.62 bits per heavy atom. The summed E-state index contributed by atoms with van der Waals surface area (Å²) in [5, 5.41) is 9.49. The molecule has 0 saturated heterocycles. The molecule has 0 saturated carbocycles. The average molecular weight is 635 g/mol. The van der Waals surface area contributed by atoms with Gasteiger partial charge in [-0.15, -0.1) is 29.6 Å². The van der Waals surface area contributed by atoms with Crippen LogP contribution in [0.15, 0.2) is 77.4 Å². The molecule has 3 aromatic carbocycles. The Kier molecular flexibility index (Phi) is 8.96. The van der Waals surface area contributed by atoms with Gasteiger partial charge in [0.05, 0.1) is 11.4 Å². The van der Waals surface area contributed by atoms with Gasteiger partial charge in [-0.2, -0.15) is 4.99 Å². The van der Waals surface area contributed by atoms with Gasteiger partial charge in [0.1, 0.15) is 12.1 Å². The molecule has 45 heavy (non-hydrogen) atoms. The van der Waals surface area contributed by atoms with Crippen LogP contribution < -0.4 is 14.9 Å². The second-order valence-electron chi connectivity index (χ2n) is 11.1. The van der Waals surface area contributed by atoms with Crippen LogP contribution in [-0.2, 0) is 0 Å². The predicted octanol–water partition coefficient (Wildman–Crippen LogP) is 7.72. The third-order valence-corrected chi connectivity index (χ3v) is 8.50. The number of aryl methyl sites for hydroxylation is 4. The van der Waals surface area contributed by atoms with Crippen LogP contribution in [-0.4, -0.2) is 37.8 Å². The molecule has 1 N–H and O–H groups in total. The molecule has 0 aliphatic rings. The Morgan fingerprint density at radius 1 is 0.978 bits per heavy atom. The Hall–Kier alpha value is -4.71. The minimum absolute atomic E-state index is 0.0140. The lowest BCUT2D eigenvalue weighted by molar-refractivity contribution is -0.274. The van der Waals surface area contributed by atoms with E-state index in [0.29, 0.717) is 16.3 Å². The molecule has 2 unspecified atom stereocenters. The molecule has 2 atom stereocenters. The number of carbonyl (C=O) groups is 1. The molecule has 0 spiro atoms. The Bertz CT molecular complexity index is 1870. The molecule has 5 aromatic rings. The first-order valence-electron chi connectivity index (χ1n) is 14.3.